The van der Waals surface area contributed by atoms with Crippen LogP contribution in [-0.4, -0.2) is 67.9 Å². The van der Waals surface area contributed by atoms with E-state index in [2.05, 4.69) is 15.2 Å². The lowest BCUT2D eigenvalue weighted by atomic mass is 10.1. The predicted molar refractivity (Wildman–Crippen MR) is 112 cm³/mol. The van der Waals surface area contributed by atoms with Crippen LogP contribution in [0.2, 0.25) is 0 Å². The molecule has 1 amide bonds. The maximum Gasteiger partial charge on any atom is 0.225 e. The molecule has 1 saturated heterocycles. The van der Waals surface area contributed by atoms with E-state index < -0.39 is 0 Å². The van der Waals surface area contributed by atoms with Crippen molar-refractivity contribution in [3.63, 3.8) is 0 Å². The molecule has 1 fully saturated rings. The fourth-order valence-electron chi connectivity index (χ4n) is 3.59. The number of rotatable bonds is 6. The number of fused-ring (bicyclic) bond motifs is 1. The first kappa shape index (κ1) is 19.9. The number of nitrogens with one attached hydrogen (secondary N) is 1. The Morgan fingerprint density at radius 3 is 2.79 bits per heavy atom. The van der Waals surface area contributed by atoms with Gasteiger partial charge in [0.1, 0.15) is 13.2 Å². The summed E-state index contributed by atoms with van der Waals surface area (Å²) >= 11 is 1.34. The number of ether oxygens (including phenoxy) is 3. The number of carbonyl (C=O) groups is 1. The lowest BCUT2D eigenvalue weighted by Gasteiger charge is -2.29. The molecule has 1 atom stereocenters. The normalized spacial score (nSPS) is 17.7. The highest BCUT2D eigenvalue weighted by molar-refractivity contribution is 7.15. The number of nitrogens with zero attached hydrogens (tertiary/aromatic N) is 2. The van der Waals surface area contributed by atoms with Crippen LogP contribution in [0.4, 0.5) is 5.13 Å². The molecule has 1 aromatic carbocycles. The van der Waals surface area contributed by atoms with Gasteiger partial charge in [-0.25, -0.2) is 4.98 Å². The summed E-state index contributed by atoms with van der Waals surface area (Å²) in [5.41, 5.74) is 7.55. The molecule has 2 aliphatic rings. The van der Waals surface area contributed by atoms with Crippen molar-refractivity contribution in [2.24, 2.45) is 0 Å². The van der Waals surface area contributed by atoms with Crippen LogP contribution in [0.15, 0.2) is 18.2 Å². The van der Waals surface area contributed by atoms with Crippen molar-refractivity contribution >= 4 is 22.4 Å². The zero-order valence-corrected chi connectivity index (χ0v) is 17.3. The topological polar surface area (TPSA) is 98.9 Å². The summed E-state index contributed by atoms with van der Waals surface area (Å²) in [6, 6.07) is 5.74. The Kier molecular flexibility index (Phi) is 6.17. The van der Waals surface area contributed by atoms with E-state index in [1.807, 2.05) is 25.1 Å². The molecule has 0 bridgehead atoms. The number of carbonyl (C=O) groups excluding carboxylic acids is 1. The number of thiazole rings is 1. The van der Waals surface area contributed by atoms with Gasteiger partial charge in [-0.2, -0.15) is 0 Å². The van der Waals surface area contributed by atoms with Crippen molar-refractivity contribution < 1.29 is 19.0 Å². The van der Waals surface area contributed by atoms with E-state index in [1.54, 1.807) is 0 Å². The molecule has 0 spiro atoms. The van der Waals surface area contributed by atoms with Crippen LogP contribution in [0.5, 0.6) is 11.5 Å². The molecule has 2 aromatic rings. The van der Waals surface area contributed by atoms with E-state index >= 15 is 0 Å². The van der Waals surface area contributed by atoms with Crippen molar-refractivity contribution in [3.05, 3.63) is 23.1 Å². The highest BCUT2D eigenvalue weighted by atomic mass is 32.1. The highest BCUT2D eigenvalue weighted by Gasteiger charge is 2.20. The van der Waals surface area contributed by atoms with Crippen LogP contribution >= 0.6 is 11.3 Å². The van der Waals surface area contributed by atoms with Gasteiger partial charge >= 0.3 is 0 Å². The number of anilines is 1. The van der Waals surface area contributed by atoms with Gasteiger partial charge in [-0.05, 0) is 25.1 Å². The Morgan fingerprint density at radius 2 is 2.00 bits per heavy atom. The zero-order valence-electron chi connectivity index (χ0n) is 16.5. The average molecular weight is 419 g/mol. The summed E-state index contributed by atoms with van der Waals surface area (Å²) in [5.74, 6) is 1.38. The van der Waals surface area contributed by atoms with Gasteiger partial charge < -0.3 is 25.3 Å². The van der Waals surface area contributed by atoms with E-state index in [-0.39, 0.29) is 18.4 Å². The first-order chi connectivity index (χ1) is 14.1. The Hall–Kier alpha value is -2.36. The number of nitrogen functional groups attached to an aromatic ring is 1. The second-order valence-electron chi connectivity index (χ2n) is 7.24. The summed E-state index contributed by atoms with van der Waals surface area (Å²) < 4.78 is 16.6. The smallest absolute Gasteiger partial charge is 0.225 e. The summed E-state index contributed by atoms with van der Waals surface area (Å²) in [6.45, 7) is 7.21. The van der Waals surface area contributed by atoms with Crippen molar-refractivity contribution in [2.45, 2.75) is 19.4 Å². The predicted octanol–water partition coefficient (Wildman–Crippen LogP) is 1.54. The molecular weight excluding hydrogens is 392 g/mol. The SMILES string of the molecule is C[C@@H](CN1CCOCC1)NC(=O)Cc1sc(N)nc1-c1ccc2c(c1)OCCO2. The first-order valence-corrected chi connectivity index (χ1v) is 10.6. The number of hydrogen-bond acceptors (Lipinski definition) is 8. The first-order valence-electron chi connectivity index (χ1n) is 9.83. The molecule has 0 radical (unpaired) electrons. The standard InChI is InChI=1S/C20H26N4O4S/c1-13(12-24-4-6-26-7-5-24)22-18(25)11-17-19(23-20(21)29-17)14-2-3-15-16(10-14)28-9-8-27-15/h2-3,10,13H,4-9,11-12H2,1H3,(H2,21,23)(H,22,25)/t13-/m0/s1. The quantitative estimate of drug-likeness (QED) is 0.734. The van der Waals surface area contributed by atoms with Gasteiger partial charge in [0, 0.05) is 36.1 Å². The number of amides is 1. The third kappa shape index (κ3) is 4.98. The van der Waals surface area contributed by atoms with Crippen molar-refractivity contribution in [1.29, 1.82) is 0 Å². The van der Waals surface area contributed by atoms with Crippen LogP contribution in [0.25, 0.3) is 11.3 Å². The molecular formula is C20H26N4O4S. The molecule has 29 heavy (non-hydrogen) atoms. The summed E-state index contributed by atoms with van der Waals surface area (Å²) in [7, 11) is 0. The molecule has 0 aliphatic carbocycles. The number of nitrogens with two attached hydrogens (primary N) is 1. The van der Waals surface area contributed by atoms with Gasteiger partial charge in [-0.1, -0.05) is 0 Å². The molecule has 0 unspecified atom stereocenters. The number of benzene rings is 1. The minimum atomic E-state index is -0.0341. The molecule has 8 nitrogen and oxygen atoms in total. The van der Waals surface area contributed by atoms with E-state index in [0.717, 1.165) is 54.7 Å². The molecule has 0 saturated carbocycles. The average Bonchev–Trinajstić information content (AvgIpc) is 3.08. The minimum Gasteiger partial charge on any atom is -0.486 e. The molecule has 3 heterocycles. The van der Waals surface area contributed by atoms with E-state index in [1.165, 1.54) is 11.3 Å². The monoisotopic (exact) mass is 418 g/mol. The van der Waals surface area contributed by atoms with E-state index in [9.17, 15) is 4.79 Å². The van der Waals surface area contributed by atoms with E-state index in [4.69, 9.17) is 19.9 Å². The Morgan fingerprint density at radius 1 is 1.24 bits per heavy atom. The van der Waals surface area contributed by atoms with Gasteiger partial charge in [0.05, 0.1) is 25.3 Å². The van der Waals surface area contributed by atoms with Gasteiger partial charge in [0.2, 0.25) is 5.91 Å². The zero-order chi connectivity index (χ0) is 20.2. The Balaban J connectivity index is 1.42. The lowest BCUT2D eigenvalue weighted by Crippen LogP contribution is -2.46. The van der Waals surface area contributed by atoms with Crippen molar-refractivity contribution in [3.8, 4) is 22.8 Å². The van der Waals surface area contributed by atoms with Crippen molar-refractivity contribution in [2.75, 3.05) is 51.8 Å². The van der Waals surface area contributed by atoms with Crippen LogP contribution in [0, 0.1) is 0 Å². The molecule has 3 N–H and O–H groups in total. The van der Waals surface area contributed by atoms with Crippen LogP contribution < -0.4 is 20.5 Å². The third-order valence-corrected chi connectivity index (χ3v) is 5.78. The Labute approximate surface area is 174 Å². The van der Waals surface area contributed by atoms with Crippen molar-refractivity contribution in [1.82, 2.24) is 15.2 Å². The summed E-state index contributed by atoms with van der Waals surface area (Å²) in [6.07, 6.45) is 0.242. The molecule has 4 rings (SSSR count). The molecule has 1 aromatic heterocycles. The maximum atomic E-state index is 12.6. The van der Waals surface area contributed by atoms with E-state index in [0.29, 0.717) is 24.1 Å². The molecule has 2 aliphatic heterocycles. The van der Waals surface area contributed by atoms with Gasteiger partial charge in [-0.15, -0.1) is 11.3 Å². The van der Waals surface area contributed by atoms with Crippen LogP contribution in [-0.2, 0) is 16.0 Å². The number of aromatic nitrogens is 1. The second-order valence-corrected chi connectivity index (χ2v) is 8.36. The lowest BCUT2D eigenvalue weighted by molar-refractivity contribution is -0.121. The summed E-state index contributed by atoms with van der Waals surface area (Å²) in [5, 5.41) is 3.53. The summed E-state index contributed by atoms with van der Waals surface area (Å²) in [4.78, 5) is 20.2. The van der Waals surface area contributed by atoms with Gasteiger partial charge in [0.25, 0.3) is 0 Å². The largest absolute Gasteiger partial charge is 0.486 e. The van der Waals surface area contributed by atoms with Gasteiger partial charge in [-0.3, -0.25) is 9.69 Å². The van der Waals surface area contributed by atoms with Gasteiger partial charge in [0.15, 0.2) is 16.6 Å². The molecule has 156 valence electrons. The molecule has 9 heteroatoms. The fraction of sp³-hybridized carbons (Fsp3) is 0.500. The fourth-order valence-corrected chi connectivity index (χ4v) is 4.45. The maximum absolute atomic E-state index is 12.6. The van der Waals surface area contributed by atoms with Crippen LogP contribution in [0.1, 0.15) is 11.8 Å². The minimum absolute atomic E-state index is 0.0341. The van der Waals surface area contributed by atoms with Crippen LogP contribution in [0.3, 0.4) is 0 Å². The second kappa shape index (κ2) is 8.98. The highest BCUT2D eigenvalue weighted by Crippen LogP contribution is 2.37. The Bertz CT molecular complexity index is 866. The number of hydrogen-bond donors (Lipinski definition) is 2. The number of morpholine rings is 1. The third-order valence-electron chi connectivity index (χ3n) is 4.89.